The largest absolute Gasteiger partial charge is 0.378 e. The average Bonchev–Trinajstić information content (AvgIpc) is 3.02. The van der Waals surface area contributed by atoms with Crippen molar-refractivity contribution in [1.29, 1.82) is 0 Å². The SMILES string of the molecule is CCn1ccc(CC(=O)Nc2cc(F)cc(N3CCOCC3)c2)n1. The molecule has 6 nitrogen and oxygen atoms in total. The number of nitrogens with one attached hydrogen (secondary N) is 1. The molecule has 0 atom stereocenters. The molecule has 0 radical (unpaired) electrons. The van der Waals surface area contributed by atoms with E-state index in [-0.39, 0.29) is 18.1 Å². The third kappa shape index (κ3) is 4.11. The number of aryl methyl sites for hydroxylation is 1. The van der Waals surface area contributed by atoms with E-state index in [0.717, 1.165) is 12.2 Å². The molecule has 1 fully saturated rings. The molecule has 1 aliphatic rings. The molecule has 0 aliphatic carbocycles. The van der Waals surface area contributed by atoms with Crippen LogP contribution < -0.4 is 10.2 Å². The van der Waals surface area contributed by atoms with Crippen molar-refractivity contribution in [2.75, 3.05) is 36.5 Å². The minimum atomic E-state index is -0.371. The molecule has 128 valence electrons. The van der Waals surface area contributed by atoms with E-state index in [1.165, 1.54) is 12.1 Å². The Morgan fingerprint density at radius 3 is 2.83 bits per heavy atom. The fourth-order valence-electron chi connectivity index (χ4n) is 2.69. The third-order valence-electron chi connectivity index (χ3n) is 3.90. The summed E-state index contributed by atoms with van der Waals surface area (Å²) >= 11 is 0. The maximum atomic E-state index is 13.9. The van der Waals surface area contributed by atoms with Crippen molar-refractivity contribution in [1.82, 2.24) is 9.78 Å². The van der Waals surface area contributed by atoms with Crippen molar-refractivity contribution < 1.29 is 13.9 Å². The van der Waals surface area contributed by atoms with Crippen LogP contribution in [0.1, 0.15) is 12.6 Å². The second kappa shape index (κ2) is 7.44. The third-order valence-corrected chi connectivity index (χ3v) is 3.90. The van der Waals surface area contributed by atoms with Crippen LogP contribution >= 0.6 is 0 Å². The number of benzene rings is 1. The maximum absolute atomic E-state index is 13.9. The van der Waals surface area contributed by atoms with Crippen LogP contribution in [0.15, 0.2) is 30.5 Å². The number of rotatable bonds is 5. The van der Waals surface area contributed by atoms with E-state index in [2.05, 4.69) is 10.4 Å². The Kier molecular flexibility index (Phi) is 5.10. The lowest BCUT2D eigenvalue weighted by molar-refractivity contribution is -0.115. The average molecular weight is 332 g/mol. The number of carbonyl (C=O) groups is 1. The monoisotopic (exact) mass is 332 g/mol. The zero-order valence-corrected chi connectivity index (χ0v) is 13.7. The lowest BCUT2D eigenvalue weighted by Gasteiger charge is -2.29. The number of anilines is 2. The number of carbonyl (C=O) groups excluding carboxylic acids is 1. The Hall–Kier alpha value is -2.41. The number of halogens is 1. The number of hydrogen-bond acceptors (Lipinski definition) is 4. The van der Waals surface area contributed by atoms with Crippen LogP contribution in [-0.4, -0.2) is 42.0 Å². The standard InChI is InChI=1S/C17H21FN4O2/c1-2-22-4-3-14(20-22)12-17(23)19-15-9-13(18)10-16(11-15)21-5-7-24-8-6-21/h3-4,9-11H,2,5-8,12H2,1H3,(H,19,23). The van der Waals surface area contributed by atoms with E-state index >= 15 is 0 Å². The molecule has 2 heterocycles. The first kappa shape index (κ1) is 16.4. The molecule has 1 aromatic heterocycles. The number of hydrogen-bond donors (Lipinski definition) is 1. The van der Waals surface area contributed by atoms with Gasteiger partial charge in [-0.05, 0) is 31.2 Å². The Balaban J connectivity index is 1.67. The fourth-order valence-corrected chi connectivity index (χ4v) is 2.69. The summed E-state index contributed by atoms with van der Waals surface area (Å²) in [5.74, 6) is -0.584. The van der Waals surface area contributed by atoms with E-state index in [0.29, 0.717) is 37.7 Å². The van der Waals surface area contributed by atoms with Crippen LogP contribution in [0.5, 0.6) is 0 Å². The van der Waals surface area contributed by atoms with Gasteiger partial charge in [0.1, 0.15) is 5.82 Å². The van der Waals surface area contributed by atoms with Crippen molar-refractivity contribution in [2.45, 2.75) is 19.9 Å². The summed E-state index contributed by atoms with van der Waals surface area (Å²) in [5.41, 5.74) is 1.90. The summed E-state index contributed by atoms with van der Waals surface area (Å²) in [6.07, 6.45) is 2.00. The zero-order valence-electron chi connectivity index (χ0n) is 13.7. The Morgan fingerprint density at radius 2 is 2.12 bits per heavy atom. The summed E-state index contributed by atoms with van der Waals surface area (Å²) in [4.78, 5) is 14.2. The van der Waals surface area contributed by atoms with Crippen LogP contribution in [0, 0.1) is 5.82 Å². The van der Waals surface area contributed by atoms with Gasteiger partial charge in [0.25, 0.3) is 0 Å². The Labute approximate surface area is 140 Å². The molecule has 1 N–H and O–H groups in total. The van der Waals surface area contributed by atoms with Gasteiger partial charge in [-0.25, -0.2) is 4.39 Å². The molecule has 7 heteroatoms. The fraction of sp³-hybridized carbons (Fsp3) is 0.412. The maximum Gasteiger partial charge on any atom is 0.230 e. The van der Waals surface area contributed by atoms with Crippen molar-refractivity contribution in [3.05, 3.63) is 42.0 Å². The number of amides is 1. The van der Waals surface area contributed by atoms with E-state index in [9.17, 15) is 9.18 Å². The first-order chi connectivity index (χ1) is 11.6. The predicted molar refractivity (Wildman–Crippen MR) is 89.7 cm³/mol. The van der Waals surface area contributed by atoms with Gasteiger partial charge in [0.15, 0.2) is 0 Å². The number of aromatic nitrogens is 2. The molecule has 1 aromatic carbocycles. The first-order valence-corrected chi connectivity index (χ1v) is 8.09. The van der Waals surface area contributed by atoms with Gasteiger partial charge in [0.05, 0.1) is 25.3 Å². The van der Waals surface area contributed by atoms with E-state index in [1.807, 2.05) is 24.1 Å². The predicted octanol–water partition coefficient (Wildman–Crippen LogP) is 2.06. The summed E-state index contributed by atoms with van der Waals surface area (Å²) in [7, 11) is 0. The van der Waals surface area contributed by atoms with Crippen molar-refractivity contribution in [3.8, 4) is 0 Å². The second-order valence-electron chi connectivity index (χ2n) is 5.69. The highest BCUT2D eigenvalue weighted by molar-refractivity contribution is 5.92. The van der Waals surface area contributed by atoms with Crippen LogP contribution in [0.4, 0.5) is 15.8 Å². The highest BCUT2D eigenvalue weighted by Crippen LogP contribution is 2.23. The second-order valence-corrected chi connectivity index (χ2v) is 5.69. The quantitative estimate of drug-likeness (QED) is 0.910. The summed E-state index contributed by atoms with van der Waals surface area (Å²) in [6.45, 7) is 5.42. The molecule has 1 aliphatic heterocycles. The van der Waals surface area contributed by atoms with E-state index in [4.69, 9.17) is 4.74 Å². The molecular weight excluding hydrogens is 311 g/mol. The number of nitrogens with zero attached hydrogens (tertiary/aromatic N) is 3. The van der Waals surface area contributed by atoms with Gasteiger partial charge >= 0.3 is 0 Å². The lowest BCUT2D eigenvalue weighted by Crippen LogP contribution is -2.36. The minimum absolute atomic E-state index is 0.163. The van der Waals surface area contributed by atoms with Crippen LogP contribution in [0.3, 0.4) is 0 Å². The molecule has 24 heavy (non-hydrogen) atoms. The van der Waals surface area contributed by atoms with Crippen LogP contribution in [-0.2, 0) is 22.5 Å². The van der Waals surface area contributed by atoms with Crippen LogP contribution in [0.25, 0.3) is 0 Å². The molecule has 1 saturated heterocycles. The van der Waals surface area contributed by atoms with Gasteiger partial charge in [-0.1, -0.05) is 0 Å². The Morgan fingerprint density at radius 1 is 1.33 bits per heavy atom. The Bertz CT molecular complexity index is 710. The van der Waals surface area contributed by atoms with Gasteiger partial charge in [0, 0.05) is 37.2 Å². The van der Waals surface area contributed by atoms with Crippen LogP contribution in [0.2, 0.25) is 0 Å². The summed E-state index contributed by atoms with van der Waals surface area (Å²) in [6, 6.07) is 6.40. The normalized spacial score (nSPS) is 14.7. The van der Waals surface area contributed by atoms with Gasteiger partial charge in [-0.15, -0.1) is 0 Å². The smallest absolute Gasteiger partial charge is 0.230 e. The summed E-state index contributed by atoms with van der Waals surface area (Å²) in [5, 5.41) is 7.03. The molecule has 0 bridgehead atoms. The molecule has 0 spiro atoms. The van der Waals surface area contributed by atoms with Crippen molar-refractivity contribution in [2.24, 2.45) is 0 Å². The topological polar surface area (TPSA) is 59.4 Å². The molecule has 2 aromatic rings. The molecule has 0 saturated carbocycles. The minimum Gasteiger partial charge on any atom is -0.378 e. The van der Waals surface area contributed by atoms with Gasteiger partial charge in [-0.3, -0.25) is 9.48 Å². The highest BCUT2D eigenvalue weighted by Gasteiger charge is 2.14. The van der Waals surface area contributed by atoms with E-state index < -0.39 is 0 Å². The molecule has 1 amide bonds. The van der Waals surface area contributed by atoms with E-state index in [1.54, 1.807) is 10.7 Å². The van der Waals surface area contributed by atoms with Gasteiger partial charge < -0.3 is 15.0 Å². The molecule has 0 unspecified atom stereocenters. The van der Waals surface area contributed by atoms with Crippen molar-refractivity contribution >= 4 is 17.3 Å². The zero-order chi connectivity index (χ0) is 16.9. The number of ether oxygens (including phenoxy) is 1. The van der Waals surface area contributed by atoms with Gasteiger partial charge in [-0.2, -0.15) is 5.10 Å². The first-order valence-electron chi connectivity index (χ1n) is 8.09. The highest BCUT2D eigenvalue weighted by atomic mass is 19.1. The lowest BCUT2D eigenvalue weighted by atomic mass is 10.2. The van der Waals surface area contributed by atoms with Crippen molar-refractivity contribution in [3.63, 3.8) is 0 Å². The number of morpholine rings is 1. The molecular formula is C17H21FN4O2. The van der Waals surface area contributed by atoms with Gasteiger partial charge in [0.2, 0.25) is 5.91 Å². The summed E-state index contributed by atoms with van der Waals surface area (Å²) < 4.78 is 21.0. The molecule has 3 rings (SSSR count).